The highest BCUT2D eigenvalue weighted by Gasteiger charge is 2.11. The zero-order valence-electron chi connectivity index (χ0n) is 12.2. The van der Waals surface area contributed by atoms with Gasteiger partial charge in [-0.2, -0.15) is 0 Å². The van der Waals surface area contributed by atoms with E-state index in [0.29, 0.717) is 0 Å². The van der Waals surface area contributed by atoms with Crippen LogP contribution in [0.15, 0.2) is 28.7 Å². The van der Waals surface area contributed by atoms with E-state index in [1.807, 2.05) is 21.1 Å². The molecule has 1 aromatic heterocycles. The second-order valence-electron chi connectivity index (χ2n) is 4.70. The van der Waals surface area contributed by atoms with E-state index in [2.05, 4.69) is 67.3 Å². The van der Waals surface area contributed by atoms with Gasteiger partial charge in [-0.3, -0.25) is 0 Å². The van der Waals surface area contributed by atoms with E-state index in [-0.39, 0.29) is 0 Å². The summed E-state index contributed by atoms with van der Waals surface area (Å²) in [5.41, 5.74) is 3.20. The smallest absolute Gasteiger partial charge is 0.161 e. The van der Waals surface area contributed by atoms with Gasteiger partial charge >= 0.3 is 0 Å². The number of benzene rings is 1. The predicted molar refractivity (Wildman–Crippen MR) is 88.4 cm³/mol. The predicted octanol–water partition coefficient (Wildman–Crippen LogP) is 3.58. The van der Waals surface area contributed by atoms with Crippen LogP contribution in [0.3, 0.4) is 0 Å². The number of nitrogens with one attached hydrogen (secondary N) is 1. The molecule has 20 heavy (non-hydrogen) atoms. The van der Waals surface area contributed by atoms with Gasteiger partial charge < -0.3 is 10.2 Å². The summed E-state index contributed by atoms with van der Waals surface area (Å²) in [7, 11) is 5.92. The van der Waals surface area contributed by atoms with E-state index in [1.165, 1.54) is 0 Å². The summed E-state index contributed by atoms with van der Waals surface area (Å²) < 4.78 is 0.941. The van der Waals surface area contributed by atoms with Crippen LogP contribution in [0.25, 0.3) is 11.4 Å². The van der Waals surface area contributed by atoms with Crippen molar-refractivity contribution in [2.75, 3.05) is 31.4 Å². The number of hydrogen-bond donors (Lipinski definition) is 1. The minimum Gasteiger partial charge on any atom is -0.378 e. The second kappa shape index (κ2) is 6.22. The molecule has 0 spiro atoms. The van der Waals surface area contributed by atoms with Gasteiger partial charge in [0, 0.05) is 32.4 Å². The fourth-order valence-corrected chi connectivity index (χ4v) is 2.59. The van der Waals surface area contributed by atoms with E-state index >= 15 is 0 Å². The molecule has 0 radical (unpaired) electrons. The maximum Gasteiger partial charge on any atom is 0.161 e. The van der Waals surface area contributed by atoms with Gasteiger partial charge in [-0.1, -0.05) is 6.92 Å². The molecule has 0 saturated carbocycles. The Kier molecular flexibility index (Phi) is 4.60. The van der Waals surface area contributed by atoms with Gasteiger partial charge in [0.1, 0.15) is 5.82 Å². The normalized spacial score (nSPS) is 10.4. The number of rotatable bonds is 4. The standard InChI is InChI=1S/C15H19BrN4/c1-5-12-13(16)15(17-2)19-14(18-12)10-6-8-11(9-7-10)20(3)4/h6-9H,5H2,1-4H3,(H,17,18,19). The monoisotopic (exact) mass is 334 g/mol. The quantitative estimate of drug-likeness (QED) is 0.927. The zero-order chi connectivity index (χ0) is 14.7. The van der Waals surface area contributed by atoms with E-state index < -0.39 is 0 Å². The molecule has 0 bridgehead atoms. The Morgan fingerprint density at radius 3 is 2.30 bits per heavy atom. The molecular formula is C15H19BrN4. The first-order chi connectivity index (χ1) is 9.56. The number of aromatic nitrogens is 2. The summed E-state index contributed by atoms with van der Waals surface area (Å²) in [6, 6.07) is 8.26. The fraction of sp³-hybridized carbons (Fsp3) is 0.333. The van der Waals surface area contributed by atoms with Crippen LogP contribution in [-0.4, -0.2) is 31.1 Å². The molecular weight excluding hydrogens is 316 g/mol. The average molecular weight is 335 g/mol. The number of hydrogen-bond acceptors (Lipinski definition) is 4. The Bertz CT molecular complexity index is 568. The van der Waals surface area contributed by atoms with Crippen molar-refractivity contribution in [1.82, 2.24) is 9.97 Å². The highest BCUT2D eigenvalue weighted by atomic mass is 79.9. The third-order valence-corrected chi connectivity index (χ3v) is 3.97. The fourth-order valence-electron chi connectivity index (χ4n) is 1.93. The molecule has 0 amide bonds. The summed E-state index contributed by atoms with van der Waals surface area (Å²) in [5.74, 6) is 1.57. The van der Waals surface area contributed by atoms with Gasteiger partial charge in [-0.25, -0.2) is 9.97 Å². The van der Waals surface area contributed by atoms with Crippen molar-refractivity contribution in [3.05, 3.63) is 34.4 Å². The molecule has 4 nitrogen and oxygen atoms in total. The first-order valence-corrected chi connectivity index (χ1v) is 7.38. The van der Waals surface area contributed by atoms with E-state index in [4.69, 9.17) is 0 Å². The summed E-state index contributed by atoms with van der Waals surface area (Å²) in [5, 5.41) is 3.10. The Morgan fingerprint density at radius 2 is 1.80 bits per heavy atom. The molecule has 1 N–H and O–H groups in total. The SMILES string of the molecule is CCc1nc(-c2ccc(N(C)C)cc2)nc(NC)c1Br. The summed E-state index contributed by atoms with van der Waals surface area (Å²) in [6.07, 6.45) is 0.862. The van der Waals surface area contributed by atoms with Gasteiger partial charge in [-0.15, -0.1) is 0 Å². The maximum absolute atomic E-state index is 4.63. The number of aryl methyl sites for hydroxylation is 1. The van der Waals surface area contributed by atoms with Gasteiger partial charge in [0.15, 0.2) is 5.82 Å². The second-order valence-corrected chi connectivity index (χ2v) is 5.49. The molecule has 0 unspecified atom stereocenters. The Balaban J connectivity index is 2.46. The lowest BCUT2D eigenvalue weighted by atomic mass is 10.1. The Morgan fingerprint density at radius 1 is 1.15 bits per heavy atom. The molecule has 0 aliphatic carbocycles. The van der Waals surface area contributed by atoms with Crippen LogP contribution < -0.4 is 10.2 Å². The van der Waals surface area contributed by atoms with Gasteiger partial charge in [-0.05, 0) is 46.6 Å². The zero-order valence-corrected chi connectivity index (χ0v) is 13.8. The third-order valence-electron chi connectivity index (χ3n) is 3.13. The Hall–Kier alpha value is -1.62. The number of halogens is 1. The van der Waals surface area contributed by atoms with E-state index in [1.54, 1.807) is 0 Å². The van der Waals surface area contributed by atoms with Gasteiger partial charge in [0.05, 0.1) is 10.2 Å². The molecule has 0 fully saturated rings. The van der Waals surface area contributed by atoms with Crippen molar-refractivity contribution >= 4 is 27.4 Å². The third kappa shape index (κ3) is 2.93. The van der Waals surface area contributed by atoms with Crippen molar-refractivity contribution in [2.45, 2.75) is 13.3 Å². The highest BCUT2D eigenvalue weighted by molar-refractivity contribution is 9.10. The average Bonchev–Trinajstić information content (AvgIpc) is 2.47. The van der Waals surface area contributed by atoms with E-state index in [0.717, 1.165) is 39.5 Å². The van der Waals surface area contributed by atoms with Crippen molar-refractivity contribution in [1.29, 1.82) is 0 Å². The molecule has 106 valence electrons. The first kappa shape index (κ1) is 14.8. The van der Waals surface area contributed by atoms with Crippen LogP contribution >= 0.6 is 15.9 Å². The molecule has 1 aromatic carbocycles. The maximum atomic E-state index is 4.63. The van der Waals surface area contributed by atoms with Crippen LogP contribution in [0.2, 0.25) is 0 Å². The topological polar surface area (TPSA) is 41.1 Å². The summed E-state index contributed by atoms with van der Waals surface area (Å²) in [4.78, 5) is 11.3. The molecule has 0 saturated heterocycles. The molecule has 0 atom stereocenters. The largest absolute Gasteiger partial charge is 0.378 e. The van der Waals surface area contributed by atoms with Crippen LogP contribution in [0.1, 0.15) is 12.6 Å². The number of anilines is 2. The molecule has 0 aliphatic heterocycles. The van der Waals surface area contributed by atoms with Crippen LogP contribution in [0, 0.1) is 0 Å². The molecule has 2 rings (SSSR count). The van der Waals surface area contributed by atoms with Crippen molar-refractivity contribution in [3.8, 4) is 11.4 Å². The number of nitrogens with zero attached hydrogens (tertiary/aromatic N) is 3. The van der Waals surface area contributed by atoms with Crippen LogP contribution in [-0.2, 0) is 6.42 Å². The molecule has 1 heterocycles. The minimum atomic E-state index is 0.750. The Labute approximate surface area is 128 Å². The molecule has 0 aliphatic rings. The summed E-state index contributed by atoms with van der Waals surface area (Å²) in [6.45, 7) is 2.09. The first-order valence-electron chi connectivity index (χ1n) is 6.58. The molecule has 5 heteroatoms. The van der Waals surface area contributed by atoms with Crippen molar-refractivity contribution < 1.29 is 0 Å². The lowest BCUT2D eigenvalue weighted by Crippen LogP contribution is -2.08. The van der Waals surface area contributed by atoms with E-state index in [9.17, 15) is 0 Å². The summed E-state index contributed by atoms with van der Waals surface area (Å²) >= 11 is 3.54. The lowest BCUT2D eigenvalue weighted by Gasteiger charge is -2.13. The molecule has 2 aromatic rings. The van der Waals surface area contributed by atoms with Crippen molar-refractivity contribution in [2.24, 2.45) is 0 Å². The lowest BCUT2D eigenvalue weighted by molar-refractivity contribution is 0.991. The van der Waals surface area contributed by atoms with Crippen LogP contribution in [0.5, 0.6) is 0 Å². The van der Waals surface area contributed by atoms with Gasteiger partial charge in [0.2, 0.25) is 0 Å². The van der Waals surface area contributed by atoms with Crippen molar-refractivity contribution in [3.63, 3.8) is 0 Å². The minimum absolute atomic E-state index is 0.750. The highest BCUT2D eigenvalue weighted by Crippen LogP contribution is 2.28. The van der Waals surface area contributed by atoms with Gasteiger partial charge in [0.25, 0.3) is 0 Å². The van der Waals surface area contributed by atoms with Crippen LogP contribution in [0.4, 0.5) is 11.5 Å².